The second-order valence-corrected chi connectivity index (χ2v) is 8.10. The van der Waals surface area contributed by atoms with E-state index in [9.17, 15) is 9.59 Å². The Hall–Kier alpha value is -1.85. The lowest BCUT2D eigenvalue weighted by Crippen LogP contribution is -2.44. The van der Waals surface area contributed by atoms with E-state index in [1.54, 1.807) is 0 Å². The van der Waals surface area contributed by atoms with Crippen molar-refractivity contribution in [3.8, 4) is 0 Å². The van der Waals surface area contributed by atoms with Gasteiger partial charge >= 0.3 is 0 Å². The number of carbonyl (C=O) groups excluding carboxylic acids is 2. The van der Waals surface area contributed by atoms with Crippen molar-refractivity contribution in [3.63, 3.8) is 0 Å². The Kier molecular flexibility index (Phi) is 4.29. The summed E-state index contributed by atoms with van der Waals surface area (Å²) in [6.45, 7) is 7.09. The van der Waals surface area contributed by atoms with Crippen LogP contribution in [0.1, 0.15) is 49.5 Å². The van der Waals surface area contributed by atoms with Crippen molar-refractivity contribution in [2.45, 2.75) is 52.0 Å². The molecule has 3 heterocycles. The highest BCUT2D eigenvalue weighted by atomic mass is 16.2. The fraction of sp³-hybridized carbons (Fsp3) is 0.737. The third-order valence-corrected chi connectivity index (χ3v) is 5.84. The Balaban J connectivity index is 1.40. The molecular formula is C19H28N4O2. The largest absolute Gasteiger partial charge is 0.342 e. The van der Waals surface area contributed by atoms with Crippen LogP contribution in [0, 0.1) is 25.7 Å². The lowest BCUT2D eigenvalue weighted by molar-refractivity contribution is -0.137. The number of likely N-dealkylation sites (tertiary alicyclic amines) is 2. The summed E-state index contributed by atoms with van der Waals surface area (Å²) in [5.74, 6) is 0.865. The lowest BCUT2D eigenvalue weighted by Gasteiger charge is -2.34. The molecule has 1 saturated carbocycles. The number of carbonyl (C=O) groups is 2. The molecule has 0 aromatic carbocycles. The van der Waals surface area contributed by atoms with Crippen LogP contribution in [0.3, 0.4) is 0 Å². The highest BCUT2D eigenvalue weighted by molar-refractivity contribution is 5.89. The summed E-state index contributed by atoms with van der Waals surface area (Å²) in [5.41, 5.74) is 2.18. The number of rotatable bonds is 4. The summed E-state index contributed by atoms with van der Waals surface area (Å²) < 4.78 is 2.08. The van der Waals surface area contributed by atoms with Crippen LogP contribution in [0.15, 0.2) is 6.07 Å². The van der Waals surface area contributed by atoms with Gasteiger partial charge in [0.15, 0.2) is 0 Å². The van der Waals surface area contributed by atoms with Crippen LogP contribution >= 0.6 is 0 Å². The number of hydrogen-bond donors (Lipinski definition) is 0. The zero-order valence-electron chi connectivity index (χ0n) is 15.3. The minimum absolute atomic E-state index is 0.148. The fourth-order valence-corrected chi connectivity index (χ4v) is 4.35. The second-order valence-electron chi connectivity index (χ2n) is 8.10. The van der Waals surface area contributed by atoms with Gasteiger partial charge in [0.05, 0.1) is 17.7 Å². The lowest BCUT2D eigenvalue weighted by atomic mass is 10.0. The molecule has 3 fully saturated rings. The first-order valence-electron chi connectivity index (χ1n) is 9.60. The number of aromatic nitrogens is 2. The molecule has 6 nitrogen and oxygen atoms in total. The van der Waals surface area contributed by atoms with Crippen LogP contribution in [0.25, 0.3) is 0 Å². The molecule has 1 aliphatic carbocycles. The Morgan fingerprint density at radius 2 is 2.04 bits per heavy atom. The van der Waals surface area contributed by atoms with E-state index in [1.165, 1.54) is 12.8 Å². The zero-order valence-corrected chi connectivity index (χ0v) is 15.3. The topological polar surface area (TPSA) is 58.4 Å². The molecule has 0 spiro atoms. The second kappa shape index (κ2) is 6.46. The van der Waals surface area contributed by atoms with E-state index >= 15 is 0 Å². The van der Waals surface area contributed by atoms with Gasteiger partial charge in [0.1, 0.15) is 0 Å². The van der Waals surface area contributed by atoms with Crippen molar-refractivity contribution in [2.75, 3.05) is 26.2 Å². The van der Waals surface area contributed by atoms with Crippen LogP contribution in [0.5, 0.6) is 0 Å². The molecule has 1 aromatic heterocycles. The Morgan fingerprint density at radius 3 is 2.72 bits per heavy atom. The van der Waals surface area contributed by atoms with Crippen molar-refractivity contribution in [1.82, 2.24) is 19.6 Å². The van der Waals surface area contributed by atoms with Crippen molar-refractivity contribution in [2.24, 2.45) is 11.8 Å². The van der Waals surface area contributed by atoms with E-state index in [0.717, 1.165) is 37.3 Å². The summed E-state index contributed by atoms with van der Waals surface area (Å²) in [7, 11) is 0. The number of aryl methyl sites for hydroxylation is 2. The van der Waals surface area contributed by atoms with Gasteiger partial charge in [-0.1, -0.05) is 0 Å². The van der Waals surface area contributed by atoms with Crippen molar-refractivity contribution < 1.29 is 9.59 Å². The number of hydrogen-bond acceptors (Lipinski definition) is 3. The molecule has 0 unspecified atom stereocenters. The van der Waals surface area contributed by atoms with Crippen molar-refractivity contribution >= 4 is 11.8 Å². The Bertz CT molecular complexity index is 679. The number of amides is 2. The maximum absolute atomic E-state index is 13.0. The van der Waals surface area contributed by atoms with Gasteiger partial charge in [0.2, 0.25) is 11.8 Å². The first-order valence-corrected chi connectivity index (χ1v) is 9.60. The van der Waals surface area contributed by atoms with E-state index in [-0.39, 0.29) is 23.8 Å². The quantitative estimate of drug-likeness (QED) is 0.838. The predicted molar refractivity (Wildman–Crippen MR) is 94.0 cm³/mol. The molecule has 0 radical (unpaired) electrons. The van der Waals surface area contributed by atoms with Crippen molar-refractivity contribution in [3.05, 3.63) is 17.5 Å². The number of piperidine rings is 1. The molecule has 1 aromatic rings. The Labute approximate surface area is 149 Å². The molecule has 2 atom stereocenters. The minimum Gasteiger partial charge on any atom is -0.342 e. The predicted octanol–water partition coefficient (Wildman–Crippen LogP) is 1.92. The zero-order chi connectivity index (χ0) is 17.6. The monoisotopic (exact) mass is 344 g/mol. The molecule has 3 aliphatic rings. The first kappa shape index (κ1) is 16.6. The smallest absolute Gasteiger partial charge is 0.228 e. The van der Waals surface area contributed by atoms with Gasteiger partial charge in [-0.2, -0.15) is 5.10 Å². The van der Waals surface area contributed by atoms with Crippen LogP contribution in [0.2, 0.25) is 0 Å². The van der Waals surface area contributed by atoms with Gasteiger partial charge < -0.3 is 9.80 Å². The van der Waals surface area contributed by atoms with E-state index in [0.29, 0.717) is 25.4 Å². The molecule has 2 saturated heterocycles. The molecular weight excluding hydrogens is 316 g/mol. The van der Waals surface area contributed by atoms with E-state index in [2.05, 4.69) is 22.8 Å². The molecule has 6 heteroatoms. The van der Waals surface area contributed by atoms with Gasteiger partial charge in [-0.15, -0.1) is 0 Å². The summed E-state index contributed by atoms with van der Waals surface area (Å²) in [4.78, 5) is 29.1. The van der Waals surface area contributed by atoms with Crippen LogP contribution in [0.4, 0.5) is 0 Å². The molecule has 0 N–H and O–H groups in total. The van der Waals surface area contributed by atoms with Crippen LogP contribution in [-0.4, -0.2) is 57.6 Å². The Morgan fingerprint density at radius 1 is 1.24 bits per heavy atom. The van der Waals surface area contributed by atoms with Gasteiger partial charge in [-0.05, 0) is 51.5 Å². The van der Waals surface area contributed by atoms with E-state index in [1.807, 2.05) is 16.7 Å². The van der Waals surface area contributed by atoms with Gasteiger partial charge in [0.25, 0.3) is 0 Å². The van der Waals surface area contributed by atoms with Gasteiger partial charge in [-0.25, -0.2) is 0 Å². The van der Waals surface area contributed by atoms with E-state index in [4.69, 9.17) is 0 Å². The molecule has 136 valence electrons. The average Bonchev–Trinajstić information content (AvgIpc) is 3.24. The molecule has 0 bridgehead atoms. The summed E-state index contributed by atoms with van der Waals surface area (Å²) in [6, 6.07) is 2.35. The molecule has 25 heavy (non-hydrogen) atoms. The number of nitrogens with zero attached hydrogens (tertiary/aromatic N) is 4. The van der Waals surface area contributed by atoms with Crippen LogP contribution < -0.4 is 0 Å². The summed E-state index contributed by atoms with van der Waals surface area (Å²) in [6.07, 6.45) is 4.93. The normalized spacial score (nSPS) is 27.2. The maximum atomic E-state index is 13.0. The summed E-state index contributed by atoms with van der Waals surface area (Å²) in [5, 5.41) is 4.61. The first-order chi connectivity index (χ1) is 12.0. The van der Waals surface area contributed by atoms with Crippen molar-refractivity contribution in [1.29, 1.82) is 0 Å². The third-order valence-electron chi connectivity index (χ3n) is 5.84. The molecule has 2 aliphatic heterocycles. The highest BCUT2D eigenvalue weighted by Crippen LogP contribution is 2.33. The molecule has 2 amide bonds. The van der Waals surface area contributed by atoms with Gasteiger partial charge in [0, 0.05) is 38.3 Å². The molecule has 4 rings (SSSR count). The SMILES string of the molecule is Cc1cc(C)n([C@@H]2CCCN(C(=O)[C@H]3CC(=O)N(CC4CC4)C3)C2)n1. The standard InChI is InChI=1S/C19H28N4O2/c1-13-8-14(2)23(20-13)17-4-3-7-21(12-17)19(25)16-9-18(24)22(11-16)10-15-5-6-15/h8,15-17H,3-7,9-12H2,1-2H3/t16-,17+/m0/s1. The van der Waals surface area contributed by atoms with E-state index < -0.39 is 0 Å². The third kappa shape index (κ3) is 3.44. The minimum atomic E-state index is -0.148. The van der Waals surface area contributed by atoms with Crippen LogP contribution in [-0.2, 0) is 9.59 Å². The summed E-state index contributed by atoms with van der Waals surface area (Å²) >= 11 is 0. The average molecular weight is 344 g/mol. The highest BCUT2D eigenvalue weighted by Gasteiger charge is 2.39. The van der Waals surface area contributed by atoms with Gasteiger partial charge in [-0.3, -0.25) is 14.3 Å². The maximum Gasteiger partial charge on any atom is 0.228 e. The fourth-order valence-electron chi connectivity index (χ4n) is 4.35.